The molecule has 2 rings (SSSR count). The molecule has 1 aliphatic heterocycles. The minimum atomic E-state index is 0.483. The van der Waals surface area contributed by atoms with Gasteiger partial charge in [0.15, 0.2) is 0 Å². The van der Waals surface area contributed by atoms with Gasteiger partial charge in [0.2, 0.25) is 0 Å². The molecular formula is C9H11NS. The highest BCUT2D eigenvalue weighted by molar-refractivity contribution is 7.13. The molecule has 0 spiro atoms. The zero-order valence-corrected chi connectivity index (χ0v) is 7.61. The van der Waals surface area contributed by atoms with Crippen LogP contribution in [0.25, 0.3) is 0 Å². The topological polar surface area (TPSA) is 12.4 Å². The molecule has 1 aromatic heterocycles. The first-order valence-corrected chi connectivity index (χ1v) is 4.70. The average Bonchev–Trinajstić information content (AvgIpc) is 2.27. The number of aliphatic imine (C=N–C) groups is 1. The molecule has 0 radical (unpaired) electrons. The van der Waals surface area contributed by atoms with Crippen LogP contribution in [-0.2, 0) is 6.42 Å². The Hall–Kier alpha value is -0.630. The lowest BCUT2D eigenvalue weighted by Crippen LogP contribution is -2.08. The van der Waals surface area contributed by atoms with Crippen LogP contribution >= 0.6 is 11.3 Å². The van der Waals surface area contributed by atoms with Crippen LogP contribution in [-0.4, -0.2) is 12.3 Å². The van der Waals surface area contributed by atoms with Crippen molar-refractivity contribution in [2.75, 3.05) is 0 Å². The maximum Gasteiger partial charge on any atom is 0.0512 e. The number of aryl methyl sites for hydroxylation is 1. The van der Waals surface area contributed by atoms with Gasteiger partial charge in [0, 0.05) is 16.0 Å². The first-order chi connectivity index (χ1) is 5.25. The zero-order valence-electron chi connectivity index (χ0n) is 6.79. The zero-order chi connectivity index (χ0) is 7.84. The summed E-state index contributed by atoms with van der Waals surface area (Å²) in [5, 5.41) is 0. The van der Waals surface area contributed by atoms with Gasteiger partial charge in [-0.1, -0.05) is 0 Å². The monoisotopic (exact) mass is 165 g/mol. The van der Waals surface area contributed by atoms with E-state index in [1.54, 1.807) is 0 Å². The second kappa shape index (κ2) is 2.45. The van der Waals surface area contributed by atoms with Gasteiger partial charge in [-0.15, -0.1) is 11.3 Å². The van der Waals surface area contributed by atoms with Gasteiger partial charge in [-0.2, -0.15) is 0 Å². The van der Waals surface area contributed by atoms with E-state index in [0.29, 0.717) is 6.04 Å². The average molecular weight is 165 g/mol. The molecule has 1 nitrogen and oxygen atoms in total. The highest BCUT2D eigenvalue weighted by atomic mass is 32.1. The second-order valence-electron chi connectivity index (χ2n) is 3.08. The molecule has 11 heavy (non-hydrogen) atoms. The number of hydrogen-bond acceptors (Lipinski definition) is 2. The summed E-state index contributed by atoms with van der Waals surface area (Å²) in [6, 6.07) is 2.76. The third-order valence-electron chi connectivity index (χ3n) is 1.93. The van der Waals surface area contributed by atoms with Crippen molar-refractivity contribution in [2.45, 2.75) is 26.3 Å². The minimum absolute atomic E-state index is 0.483. The predicted octanol–water partition coefficient (Wildman–Crippen LogP) is 2.42. The first kappa shape index (κ1) is 7.04. The quantitative estimate of drug-likeness (QED) is 0.560. The number of rotatable bonds is 0. The summed E-state index contributed by atoms with van der Waals surface area (Å²) in [7, 11) is 0. The van der Waals surface area contributed by atoms with Gasteiger partial charge in [-0.05, 0) is 31.9 Å². The van der Waals surface area contributed by atoms with Crippen molar-refractivity contribution in [1.82, 2.24) is 0 Å². The molecule has 0 amide bonds. The summed E-state index contributed by atoms with van der Waals surface area (Å²) in [5.41, 5.74) is 1.48. The fourth-order valence-electron chi connectivity index (χ4n) is 1.42. The lowest BCUT2D eigenvalue weighted by atomic mass is 10.1. The van der Waals surface area contributed by atoms with Crippen molar-refractivity contribution in [1.29, 1.82) is 0 Å². The van der Waals surface area contributed by atoms with Gasteiger partial charge in [-0.3, -0.25) is 4.99 Å². The van der Waals surface area contributed by atoms with E-state index in [1.165, 1.54) is 15.3 Å². The normalized spacial score (nSPS) is 21.8. The van der Waals surface area contributed by atoms with Crippen LogP contribution in [0.2, 0.25) is 0 Å². The smallest absolute Gasteiger partial charge is 0.0512 e. The Kier molecular flexibility index (Phi) is 1.57. The van der Waals surface area contributed by atoms with Crippen LogP contribution in [0.15, 0.2) is 11.1 Å². The Balaban J connectivity index is 2.44. The van der Waals surface area contributed by atoms with Crippen molar-refractivity contribution in [3.8, 4) is 0 Å². The molecule has 1 aromatic rings. The fourth-order valence-corrected chi connectivity index (χ4v) is 2.35. The summed E-state index contributed by atoms with van der Waals surface area (Å²) in [5.74, 6) is 0. The van der Waals surface area contributed by atoms with Crippen molar-refractivity contribution in [2.24, 2.45) is 4.99 Å². The molecule has 58 valence electrons. The number of nitrogens with zero attached hydrogens (tertiary/aromatic N) is 1. The number of fused-ring (bicyclic) bond motifs is 1. The van der Waals surface area contributed by atoms with Crippen LogP contribution < -0.4 is 0 Å². The van der Waals surface area contributed by atoms with Crippen LogP contribution in [0.5, 0.6) is 0 Å². The molecule has 2 heterocycles. The molecule has 2 heteroatoms. The Labute approximate surface area is 70.8 Å². The first-order valence-electron chi connectivity index (χ1n) is 3.88. The van der Waals surface area contributed by atoms with Crippen molar-refractivity contribution in [3.63, 3.8) is 0 Å². The fraction of sp³-hybridized carbons (Fsp3) is 0.444. The Morgan fingerprint density at radius 2 is 2.45 bits per heavy atom. The predicted molar refractivity (Wildman–Crippen MR) is 49.8 cm³/mol. The van der Waals surface area contributed by atoms with Crippen molar-refractivity contribution < 1.29 is 0 Å². The van der Waals surface area contributed by atoms with Crippen LogP contribution in [0, 0.1) is 6.92 Å². The van der Waals surface area contributed by atoms with Crippen molar-refractivity contribution >= 4 is 17.6 Å². The highest BCUT2D eigenvalue weighted by Crippen LogP contribution is 2.24. The Morgan fingerprint density at radius 1 is 1.64 bits per heavy atom. The van der Waals surface area contributed by atoms with E-state index in [9.17, 15) is 0 Å². The number of hydrogen-bond donors (Lipinski definition) is 0. The standard InChI is InChI=1S/C9H11NS/c1-6-3-8-4-7(2)11-9(8)5-10-6/h4-6H,3H2,1-2H3. The molecule has 0 N–H and O–H groups in total. The van der Waals surface area contributed by atoms with E-state index < -0.39 is 0 Å². The molecule has 1 aliphatic rings. The number of thiophene rings is 1. The summed E-state index contributed by atoms with van der Waals surface area (Å²) in [4.78, 5) is 7.13. The van der Waals surface area contributed by atoms with E-state index >= 15 is 0 Å². The molecular weight excluding hydrogens is 154 g/mol. The van der Waals surface area contributed by atoms with Crippen LogP contribution in [0.4, 0.5) is 0 Å². The van der Waals surface area contributed by atoms with Crippen LogP contribution in [0.3, 0.4) is 0 Å². The van der Waals surface area contributed by atoms with E-state index in [-0.39, 0.29) is 0 Å². The van der Waals surface area contributed by atoms with Crippen molar-refractivity contribution in [3.05, 3.63) is 21.4 Å². The van der Waals surface area contributed by atoms with Gasteiger partial charge >= 0.3 is 0 Å². The lowest BCUT2D eigenvalue weighted by molar-refractivity contribution is 0.735. The third kappa shape index (κ3) is 1.23. The molecule has 0 fully saturated rings. The largest absolute Gasteiger partial charge is 0.288 e. The molecule has 0 aliphatic carbocycles. The lowest BCUT2D eigenvalue weighted by Gasteiger charge is -2.09. The summed E-state index contributed by atoms with van der Waals surface area (Å²) < 4.78 is 0. The SMILES string of the molecule is Cc1cc2c(s1)C=NC(C)C2. The molecule has 1 unspecified atom stereocenters. The maximum absolute atomic E-state index is 4.37. The summed E-state index contributed by atoms with van der Waals surface area (Å²) >= 11 is 1.84. The Morgan fingerprint density at radius 3 is 3.27 bits per heavy atom. The minimum Gasteiger partial charge on any atom is -0.288 e. The molecule has 0 aromatic carbocycles. The van der Waals surface area contributed by atoms with E-state index in [2.05, 4.69) is 24.9 Å². The highest BCUT2D eigenvalue weighted by Gasteiger charge is 2.12. The van der Waals surface area contributed by atoms with Gasteiger partial charge in [0.05, 0.1) is 6.04 Å². The van der Waals surface area contributed by atoms with E-state index in [0.717, 1.165) is 6.42 Å². The van der Waals surface area contributed by atoms with E-state index in [1.807, 2.05) is 17.6 Å². The van der Waals surface area contributed by atoms with Gasteiger partial charge < -0.3 is 0 Å². The molecule has 1 atom stereocenters. The summed E-state index contributed by atoms with van der Waals surface area (Å²) in [6.45, 7) is 4.31. The van der Waals surface area contributed by atoms with Gasteiger partial charge in [0.1, 0.15) is 0 Å². The third-order valence-corrected chi connectivity index (χ3v) is 2.95. The van der Waals surface area contributed by atoms with Gasteiger partial charge in [-0.25, -0.2) is 0 Å². The molecule has 0 saturated carbocycles. The maximum atomic E-state index is 4.37. The molecule has 0 bridgehead atoms. The second-order valence-corrected chi connectivity index (χ2v) is 4.37. The molecule has 0 saturated heterocycles. The Bertz CT molecular complexity index is 299. The van der Waals surface area contributed by atoms with Gasteiger partial charge in [0.25, 0.3) is 0 Å². The van der Waals surface area contributed by atoms with Crippen LogP contribution in [0.1, 0.15) is 22.2 Å². The van der Waals surface area contributed by atoms with E-state index in [4.69, 9.17) is 0 Å². The summed E-state index contributed by atoms with van der Waals surface area (Å²) in [6.07, 6.45) is 3.14.